The van der Waals surface area contributed by atoms with Gasteiger partial charge < -0.3 is 4.74 Å². The lowest BCUT2D eigenvalue weighted by Crippen LogP contribution is -2.29. The van der Waals surface area contributed by atoms with Gasteiger partial charge in [-0.05, 0) is 11.1 Å². The molecule has 2 aliphatic rings. The molecule has 0 aromatic heterocycles. The molecule has 0 radical (unpaired) electrons. The van der Waals surface area contributed by atoms with Gasteiger partial charge in [0.25, 0.3) is 0 Å². The minimum absolute atomic E-state index is 0.0363. The Kier molecular flexibility index (Phi) is 1.57. The van der Waals surface area contributed by atoms with Crippen LogP contribution in [-0.4, -0.2) is 17.9 Å². The predicted molar refractivity (Wildman–Crippen MR) is 53.0 cm³/mol. The second kappa shape index (κ2) is 2.79. The van der Waals surface area contributed by atoms with Crippen molar-refractivity contribution in [3.63, 3.8) is 0 Å². The number of Topliss-reactive ketones (excluding diaryl/α,β-unsaturated/α-hetero) is 1. The number of rotatable bonds is 0. The van der Waals surface area contributed by atoms with Crippen LogP contribution in [0.5, 0.6) is 0 Å². The summed E-state index contributed by atoms with van der Waals surface area (Å²) in [5, 5.41) is 0. The van der Waals surface area contributed by atoms with E-state index in [4.69, 9.17) is 4.74 Å². The summed E-state index contributed by atoms with van der Waals surface area (Å²) in [5.41, 5.74) is 2.66. The lowest BCUT2D eigenvalue weighted by molar-refractivity contribution is -0.144. The Balaban J connectivity index is 2.22. The van der Waals surface area contributed by atoms with Gasteiger partial charge in [0, 0.05) is 18.1 Å². The van der Waals surface area contributed by atoms with E-state index in [1.165, 1.54) is 6.08 Å². The Labute approximate surface area is 86.4 Å². The van der Waals surface area contributed by atoms with E-state index in [1.807, 2.05) is 24.3 Å². The third-order valence-electron chi connectivity index (χ3n) is 2.78. The Hall–Kier alpha value is -1.90. The number of esters is 1. The van der Waals surface area contributed by atoms with Crippen molar-refractivity contribution < 1.29 is 14.3 Å². The van der Waals surface area contributed by atoms with Crippen molar-refractivity contribution in [3.8, 4) is 0 Å². The van der Waals surface area contributed by atoms with E-state index in [2.05, 4.69) is 0 Å². The first-order valence-electron chi connectivity index (χ1n) is 4.79. The van der Waals surface area contributed by atoms with Gasteiger partial charge in [-0.3, -0.25) is 4.79 Å². The van der Waals surface area contributed by atoms with Crippen molar-refractivity contribution in [1.29, 1.82) is 0 Å². The monoisotopic (exact) mass is 200 g/mol. The molecule has 0 saturated carbocycles. The first-order chi connectivity index (χ1) is 7.25. The zero-order chi connectivity index (χ0) is 10.4. The van der Waals surface area contributed by atoms with Crippen molar-refractivity contribution in [2.75, 3.05) is 0 Å². The molecule has 0 N–H and O–H groups in total. The van der Waals surface area contributed by atoms with Crippen LogP contribution in [0.2, 0.25) is 0 Å². The maximum absolute atomic E-state index is 11.7. The van der Waals surface area contributed by atoms with E-state index in [0.29, 0.717) is 12.0 Å². The molecule has 3 rings (SSSR count). The Morgan fingerprint density at radius 1 is 1.20 bits per heavy atom. The summed E-state index contributed by atoms with van der Waals surface area (Å²) in [6.45, 7) is 0. The molecule has 1 aromatic rings. The van der Waals surface area contributed by atoms with Gasteiger partial charge in [0.2, 0.25) is 0 Å². The highest BCUT2D eigenvalue weighted by molar-refractivity contribution is 6.10. The largest absolute Gasteiger partial charge is 0.446 e. The molecular formula is C12H8O3. The number of hydrogen-bond donors (Lipinski definition) is 0. The highest BCUT2D eigenvalue weighted by atomic mass is 16.6. The predicted octanol–water partition coefficient (Wildman–Crippen LogP) is 1.12. The van der Waals surface area contributed by atoms with Crippen LogP contribution < -0.4 is 0 Å². The third-order valence-corrected chi connectivity index (χ3v) is 2.78. The van der Waals surface area contributed by atoms with E-state index >= 15 is 0 Å². The molecule has 74 valence electrons. The summed E-state index contributed by atoms with van der Waals surface area (Å²) < 4.78 is 4.95. The number of benzene rings is 1. The standard InChI is InChI=1S/C12H8O3/c13-10-5-7-3-1-2-4-8(7)9-6-11(14)15-12(9)10/h1-4,6,12H,5H2. The maximum atomic E-state index is 11.7. The van der Waals surface area contributed by atoms with Crippen LogP contribution in [0.3, 0.4) is 0 Å². The zero-order valence-electron chi connectivity index (χ0n) is 7.90. The van der Waals surface area contributed by atoms with Crippen molar-refractivity contribution in [2.45, 2.75) is 12.5 Å². The fourth-order valence-electron chi connectivity index (χ4n) is 2.11. The van der Waals surface area contributed by atoms with Crippen LogP contribution in [0, 0.1) is 0 Å². The smallest absolute Gasteiger partial charge is 0.332 e. The average molecular weight is 200 g/mol. The van der Waals surface area contributed by atoms with Crippen LogP contribution in [0.1, 0.15) is 11.1 Å². The van der Waals surface area contributed by atoms with E-state index < -0.39 is 12.1 Å². The molecule has 0 spiro atoms. The van der Waals surface area contributed by atoms with Crippen molar-refractivity contribution in [2.24, 2.45) is 0 Å². The molecule has 1 heterocycles. The quantitative estimate of drug-likeness (QED) is 0.589. The number of carbonyl (C=O) groups is 2. The zero-order valence-corrected chi connectivity index (χ0v) is 7.90. The maximum Gasteiger partial charge on any atom is 0.332 e. The molecule has 1 unspecified atom stereocenters. The van der Waals surface area contributed by atoms with E-state index in [1.54, 1.807) is 0 Å². The van der Waals surface area contributed by atoms with Gasteiger partial charge in [-0.15, -0.1) is 0 Å². The Bertz CT molecular complexity index is 499. The molecule has 0 bridgehead atoms. The molecular weight excluding hydrogens is 192 g/mol. The first-order valence-corrected chi connectivity index (χ1v) is 4.79. The first kappa shape index (κ1) is 8.41. The molecule has 3 nitrogen and oxygen atoms in total. The van der Waals surface area contributed by atoms with Crippen LogP contribution in [-0.2, 0) is 20.7 Å². The van der Waals surface area contributed by atoms with E-state index in [0.717, 1.165) is 11.1 Å². The number of ether oxygens (including phenoxy) is 1. The topological polar surface area (TPSA) is 43.4 Å². The number of carbonyl (C=O) groups excluding carboxylic acids is 2. The van der Waals surface area contributed by atoms with E-state index in [-0.39, 0.29) is 5.78 Å². The van der Waals surface area contributed by atoms with Crippen LogP contribution >= 0.6 is 0 Å². The molecule has 1 aliphatic heterocycles. The van der Waals surface area contributed by atoms with Gasteiger partial charge in [-0.25, -0.2) is 4.79 Å². The molecule has 0 fully saturated rings. The number of hydrogen-bond acceptors (Lipinski definition) is 3. The molecule has 15 heavy (non-hydrogen) atoms. The number of ketones is 1. The molecule has 1 atom stereocenters. The van der Waals surface area contributed by atoms with E-state index in [9.17, 15) is 9.59 Å². The molecule has 3 heteroatoms. The Morgan fingerprint density at radius 2 is 2.00 bits per heavy atom. The summed E-state index contributed by atoms with van der Waals surface area (Å²) in [7, 11) is 0. The third kappa shape index (κ3) is 1.13. The number of fused-ring (bicyclic) bond motifs is 3. The van der Waals surface area contributed by atoms with Crippen molar-refractivity contribution >= 4 is 17.3 Å². The summed E-state index contributed by atoms with van der Waals surface area (Å²) >= 11 is 0. The fraction of sp³-hybridized carbons (Fsp3) is 0.167. The minimum Gasteiger partial charge on any atom is -0.446 e. The molecule has 1 aliphatic carbocycles. The second-order valence-corrected chi connectivity index (χ2v) is 3.72. The van der Waals surface area contributed by atoms with Gasteiger partial charge in [-0.2, -0.15) is 0 Å². The minimum atomic E-state index is -0.660. The van der Waals surface area contributed by atoms with Crippen LogP contribution in [0.25, 0.3) is 5.57 Å². The van der Waals surface area contributed by atoms with Crippen LogP contribution in [0.15, 0.2) is 30.3 Å². The fourth-order valence-corrected chi connectivity index (χ4v) is 2.11. The average Bonchev–Trinajstić information content (AvgIpc) is 2.61. The highest BCUT2D eigenvalue weighted by Gasteiger charge is 2.37. The van der Waals surface area contributed by atoms with Gasteiger partial charge in [0.1, 0.15) is 0 Å². The van der Waals surface area contributed by atoms with Gasteiger partial charge in [0.05, 0.1) is 0 Å². The summed E-state index contributed by atoms with van der Waals surface area (Å²) in [4.78, 5) is 22.8. The van der Waals surface area contributed by atoms with Crippen LogP contribution in [0.4, 0.5) is 0 Å². The second-order valence-electron chi connectivity index (χ2n) is 3.72. The summed E-state index contributed by atoms with van der Waals surface area (Å²) in [6, 6.07) is 7.62. The van der Waals surface area contributed by atoms with Crippen molar-refractivity contribution in [1.82, 2.24) is 0 Å². The normalized spacial score (nSPS) is 22.9. The SMILES string of the molecule is O=C1C=C2c3ccccc3CC(=O)C2O1. The molecule has 1 aromatic carbocycles. The van der Waals surface area contributed by atoms with Crippen molar-refractivity contribution in [3.05, 3.63) is 41.5 Å². The summed E-state index contributed by atoms with van der Waals surface area (Å²) in [5.74, 6) is -0.453. The highest BCUT2D eigenvalue weighted by Crippen LogP contribution is 2.34. The summed E-state index contributed by atoms with van der Waals surface area (Å²) in [6.07, 6.45) is 1.11. The van der Waals surface area contributed by atoms with Gasteiger partial charge in [0.15, 0.2) is 11.9 Å². The van der Waals surface area contributed by atoms with Gasteiger partial charge >= 0.3 is 5.97 Å². The lowest BCUT2D eigenvalue weighted by atomic mass is 9.85. The van der Waals surface area contributed by atoms with Gasteiger partial charge in [-0.1, -0.05) is 24.3 Å². The molecule has 0 amide bonds. The molecule has 0 saturated heterocycles. The lowest BCUT2D eigenvalue weighted by Gasteiger charge is -2.21. The Morgan fingerprint density at radius 3 is 2.87 bits per heavy atom.